The molecular weight excluding hydrogens is 196 g/mol. The van der Waals surface area contributed by atoms with Gasteiger partial charge < -0.3 is 5.32 Å². The number of hydrogen-bond donors (Lipinski definition) is 1. The quantitative estimate of drug-likeness (QED) is 0.793. The van der Waals surface area contributed by atoms with Crippen LogP contribution in [-0.2, 0) is 6.54 Å². The Labute approximate surface area is 98.5 Å². The minimum absolute atomic E-state index is 0.622. The van der Waals surface area contributed by atoms with Crippen LogP contribution in [0, 0.1) is 5.41 Å². The summed E-state index contributed by atoms with van der Waals surface area (Å²) in [5, 5.41) is 3.59. The molecule has 2 heteroatoms. The van der Waals surface area contributed by atoms with Crippen LogP contribution in [0.2, 0.25) is 0 Å². The lowest BCUT2D eigenvalue weighted by molar-refractivity contribution is 0.115. The topological polar surface area (TPSA) is 24.9 Å². The standard InChI is InChI=1S/C14H22N2/c1-2-6-14(7-4-8-14)12-16-11-13-5-3-9-15-10-13/h3,5,9-10,16H,2,4,6-8,11-12H2,1H3. The third kappa shape index (κ3) is 2.82. The number of aromatic nitrogens is 1. The number of pyridine rings is 1. The maximum atomic E-state index is 4.13. The van der Waals surface area contributed by atoms with Crippen molar-refractivity contribution in [2.75, 3.05) is 6.54 Å². The highest BCUT2D eigenvalue weighted by Crippen LogP contribution is 2.44. The molecular formula is C14H22N2. The van der Waals surface area contributed by atoms with Crippen LogP contribution in [0.1, 0.15) is 44.6 Å². The Bertz CT molecular complexity index is 304. The number of nitrogens with zero attached hydrogens (tertiary/aromatic N) is 1. The van der Waals surface area contributed by atoms with E-state index < -0.39 is 0 Å². The van der Waals surface area contributed by atoms with Crippen molar-refractivity contribution in [3.8, 4) is 0 Å². The Morgan fingerprint density at radius 2 is 2.31 bits per heavy atom. The van der Waals surface area contributed by atoms with E-state index in [1.165, 1.54) is 44.2 Å². The molecule has 0 spiro atoms. The van der Waals surface area contributed by atoms with Gasteiger partial charge in [-0.2, -0.15) is 0 Å². The molecule has 1 aromatic heterocycles. The third-order valence-corrected chi connectivity index (χ3v) is 3.75. The molecule has 0 aliphatic heterocycles. The molecule has 1 aliphatic carbocycles. The molecule has 1 saturated carbocycles. The van der Waals surface area contributed by atoms with Crippen molar-refractivity contribution in [3.63, 3.8) is 0 Å². The second-order valence-corrected chi connectivity index (χ2v) is 5.07. The van der Waals surface area contributed by atoms with E-state index in [2.05, 4.69) is 23.3 Å². The van der Waals surface area contributed by atoms with Gasteiger partial charge in [0.2, 0.25) is 0 Å². The van der Waals surface area contributed by atoms with Crippen molar-refractivity contribution in [1.82, 2.24) is 10.3 Å². The minimum Gasteiger partial charge on any atom is -0.312 e. The largest absolute Gasteiger partial charge is 0.312 e. The summed E-state index contributed by atoms with van der Waals surface area (Å²) < 4.78 is 0. The SMILES string of the molecule is CCCC1(CNCc2cccnc2)CCC1. The second-order valence-electron chi connectivity index (χ2n) is 5.07. The maximum absolute atomic E-state index is 4.13. The highest BCUT2D eigenvalue weighted by Gasteiger charge is 2.35. The fourth-order valence-corrected chi connectivity index (χ4v) is 2.70. The Kier molecular flexibility index (Phi) is 3.94. The molecule has 1 heterocycles. The van der Waals surface area contributed by atoms with E-state index in [4.69, 9.17) is 0 Å². The molecule has 0 bridgehead atoms. The summed E-state index contributed by atoms with van der Waals surface area (Å²) in [5.74, 6) is 0. The van der Waals surface area contributed by atoms with Crippen LogP contribution in [0.5, 0.6) is 0 Å². The Balaban J connectivity index is 1.75. The molecule has 2 nitrogen and oxygen atoms in total. The Morgan fingerprint density at radius 3 is 2.88 bits per heavy atom. The van der Waals surface area contributed by atoms with Crippen molar-refractivity contribution in [2.24, 2.45) is 5.41 Å². The lowest BCUT2D eigenvalue weighted by atomic mass is 9.66. The summed E-state index contributed by atoms with van der Waals surface area (Å²) in [6, 6.07) is 4.13. The van der Waals surface area contributed by atoms with Gasteiger partial charge in [-0.1, -0.05) is 25.8 Å². The van der Waals surface area contributed by atoms with Crippen molar-refractivity contribution >= 4 is 0 Å². The monoisotopic (exact) mass is 218 g/mol. The van der Waals surface area contributed by atoms with E-state index in [9.17, 15) is 0 Å². The zero-order valence-corrected chi connectivity index (χ0v) is 10.2. The lowest BCUT2D eigenvalue weighted by Gasteiger charge is -2.42. The Morgan fingerprint density at radius 1 is 1.44 bits per heavy atom. The molecule has 0 amide bonds. The van der Waals surface area contributed by atoms with Crippen LogP contribution < -0.4 is 5.32 Å². The third-order valence-electron chi connectivity index (χ3n) is 3.75. The van der Waals surface area contributed by atoms with Gasteiger partial charge in [-0.05, 0) is 36.3 Å². The van der Waals surface area contributed by atoms with Gasteiger partial charge in [0, 0.05) is 25.5 Å². The average Bonchev–Trinajstić information content (AvgIpc) is 2.27. The first-order valence-electron chi connectivity index (χ1n) is 6.44. The van der Waals surface area contributed by atoms with E-state index in [0.717, 1.165) is 6.54 Å². The van der Waals surface area contributed by atoms with Crippen molar-refractivity contribution in [1.29, 1.82) is 0 Å². The van der Waals surface area contributed by atoms with Crippen LogP contribution in [0.25, 0.3) is 0 Å². The maximum Gasteiger partial charge on any atom is 0.0312 e. The zero-order chi connectivity index (χ0) is 11.3. The molecule has 1 aliphatic rings. The number of hydrogen-bond acceptors (Lipinski definition) is 2. The number of nitrogens with one attached hydrogen (secondary N) is 1. The van der Waals surface area contributed by atoms with E-state index in [-0.39, 0.29) is 0 Å². The molecule has 0 radical (unpaired) electrons. The number of rotatable bonds is 6. The van der Waals surface area contributed by atoms with Crippen LogP contribution in [0.3, 0.4) is 0 Å². The molecule has 16 heavy (non-hydrogen) atoms. The van der Waals surface area contributed by atoms with E-state index in [0.29, 0.717) is 5.41 Å². The van der Waals surface area contributed by atoms with Gasteiger partial charge in [-0.3, -0.25) is 4.98 Å². The summed E-state index contributed by atoms with van der Waals surface area (Å²) in [6.45, 7) is 4.43. The van der Waals surface area contributed by atoms with Crippen molar-refractivity contribution in [2.45, 2.75) is 45.6 Å². The molecule has 1 N–H and O–H groups in total. The molecule has 0 atom stereocenters. The first-order chi connectivity index (χ1) is 7.85. The van der Waals surface area contributed by atoms with E-state index in [1.54, 1.807) is 0 Å². The van der Waals surface area contributed by atoms with Gasteiger partial charge in [-0.15, -0.1) is 0 Å². The summed E-state index contributed by atoms with van der Waals surface area (Å²) in [6.07, 6.45) is 10.7. The smallest absolute Gasteiger partial charge is 0.0312 e. The van der Waals surface area contributed by atoms with Crippen molar-refractivity contribution < 1.29 is 0 Å². The molecule has 1 fully saturated rings. The fourth-order valence-electron chi connectivity index (χ4n) is 2.70. The average molecular weight is 218 g/mol. The van der Waals surface area contributed by atoms with Gasteiger partial charge in [-0.25, -0.2) is 0 Å². The van der Waals surface area contributed by atoms with Gasteiger partial charge in [0.25, 0.3) is 0 Å². The second kappa shape index (κ2) is 5.44. The molecule has 1 aromatic rings. The molecule has 0 unspecified atom stereocenters. The van der Waals surface area contributed by atoms with Crippen LogP contribution in [0.15, 0.2) is 24.5 Å². The molecule has 0 saturated heterocycles. The summed E-state index contributed by atoms with van der Waals surface area (Å²) in [7, 11) is 0. The Hall–Kier alpha value is -0.890. The first-order valence-corrected chi connectivity index (χ1v) is 6.44. The minimum atomic E-state index is 0.622. The highest BCUT2D eigenvalue weighted by atomic mass is 14.9. The van der Waals surface area contributed by atoms with Crippen LogP contribution in [-0.4, -0.2) is 11.5 Å². The van der Waals surface area contributed by atoms with Crippen molar-refractivity contribution in [3.05, 3.63) is 30.1 Å². The predicted octanol–water partition coefficient (Wildman–Crippen LogP) is 3.14. The summed E-state index contributed by atoms with van der Waals surface area (Å²) >= 11 is 0. The molecule has 2 rings (SSSR count). The van der Waals surface area contributed by atoms with Gasteiger partial charge in [0.05, 0.1) is 0 Å². The molecule has 88 valence electrons. The highest BCUT2D eigenvalue weighted by molar-refractivity contribution is 5.08. The normalized spacial score (nSPS) is 18.1. The van der Waals surface area contributed by atoms with E-state index >= 15 is 0 Å². The lowest BCUT2D eigenvalue weighted by Crippen LogP contribution is -2.39. The summed E-state index contributed by atoms with van der Waals surface area (Å²) in [4.78, 5) is 4.13. The van der Waals surface area contributed by atoms with Gasteiger partial charge in [0.15, 0.2) is 0 Å². The molecule has 0 aromatic carbocycles. The van der Waals surface area contributed by atoms with E-state index in [1.807, 2.05) is 18.5 Å². The van der Waals surface area contributed by atoms with Gasteiger partial charge in [0.1, 0.15) is 0 Å². The van der Waals surface area contributed by atoms with Gasteiger partial charge >= 0.3 is 0 Å². The van der Waals surface area contributed by atoms with Crippen LogP contribution >= 0.6 is 0 Å². The summed E-state index contributed by atoms with van der Waals surface area (Å²) in [5.41, 5.74) is 1.91. The first kappa shape index (κ1) is 11.6. The zero-order valence-electron chi connectivity index (χ0n) is 10.2. The van der Waals surface area contributed by atoms with Crippen LogP contribution in [0.4, 0.5) is 0 Å². The predicted molar refractivity (Wildman–Crippen MR) is 67.1 cm³/mol. The fraction of sp³-hybridized carbons (Fsp3) is 0.643.